The third-order valence-electron chi connectivity index (χ3n) is 4.92. The summed E-state index contributed by atoms with van der Waals surface area (Å²) in [4.78, 5) is 22.1. The van der Waals surface area contributed by atoms with Crippen LogP contribution in [0.15, 0.2) is 33.9 Å². The predicted octanol–water partition coefficient (Wildman–Crippen LogP) is 3.08. The van der Waals surface area contributed by atoms with Crippen LogP contribution in [-0.2, 0) is 17.6 Å². The number of aryl methyl sites for hydroxylation is 2. The van der Waals surface area contributed by atoms with Gasteiger partial charge in [0.15, 0.2) is 0 Å². The maximum atomic E-state index is 12.3. The number of fused-ring (bicyclic) bond motifs is 1. The van der Waals surface area contributed by atoms with Crippen LogP contribution in [0.5, 0.6) is 0 Å². The second kappa shape index (κ2) is 8.12. The second-order valence-corrected chi connectivity index (χ2v) is 7.94. The number of amides is 1. The zero-order chi connectivity index (χ0) is 18.6. The zero-order valence-corrected chi connectivity index (χ0v) is 16.2. The molecule has 1 fully saturated rings. The van der Waals surface area contributed by atoms with Gasteiger partial charge in [-0.05, 0) is 30.9 Å². The van der Waals surface area contributed by atoms with Crippen molar-refractivity contribution >= 4 is 28.7 Å². The highest BCUT2D eigenvalue weighted by molar-refractivity contribution is 7.99. The lowest BCUT2D eigenvalue weighted by Crippen LogP contribution is -2.38. The third kappa shape index (κ3) is 4.50. The van der Waals surface area contributed by atoms with Gasteiger partial charge in [0, 0.05) is 25.9 Å². The molecule has 3 heterocycles. The molecule has 1 saturated heterocycles. The number of carbonyl (C=O) groups excluding carboxylic acids is 1. The summed E-state index contributed by atoms with van der Waals surface area (Å²) >= 11 is 1.31. The number of nitrogens with zero attached hydrogens (tertiary/aromatic N) is 4. The number of benzene rings is 1. The molecule has 1 amide bonds. The Morgan fingerprint density at radius 1 is 1.26 bits per heavy atom. The number of nitrogens with one attached hydrogen (secondary N) is 1. The number of hydrogen-bond donors (Lipinski definition) is 1. The van der Waals surface area contributed by atoms with E-state index in [4.69, 9.17) is 4.42 Å². The number of likely N-dealkylation sites (tertiary alicyclic amines) is 1. The maximum absolute atomic E-state index is 12.3. The number of imidazole rings is 1. The van der Waals surface area contributed by atoms with Gasteiger partial charge in [0.05, 0.1) is 16.8 Å². The molecule has 0 radical (unpaired) electrons. The fourth-order valence-corrected chi connectivity index (χ4v) is 3.90. The van der Waals surface area contributed by atoms with Gasteiger partial charge in [-0.15, -0.1) is 10.2 Å². The molecule has 3 aromatic rings. The number of H-pyrrole nitrogens is 1. The van der Waals surface area contributed by atoms with Gasteiger partial charge in [0.25, 0.3) is 5.22 Å². The van der Waals surface area contributed by atoms with Crippen molar-refractivity contribution in [3.63, 3.8) is 0 Å². The molecule has 142 valence electrons. The van der Waals surface area contributed by atoms with Crippen LogP contribution >= 0.6 is 11.8 Å². The molecule has 1 aliphatic heterocycles. The number of thioether (sulfide) groups is 1. The Labute approximate surface area is 161 Å². The summed E-state index contributed by atoms with van der Waals surface area (Å²) in [5, 5.41) is 8.58. The lowest BCUT2D eigenvalue weighted by Gasteiger charge is -2.30. The van der Waals surface area contributed by atoms with Gasteiger partial charge in [0.2, 0.25) is 11.8 Å². The van der Waals surface area contributed by atoms with Crippen molar-refractivity contribution in [2.45, 2.75) is 37.8 Å². The number of para-hydroxylation sites is 2. The molecule has 0 atom stereocenters. The Balaban J connectivity index is 1.26. The largest absolute Gasteiger partial charge is 0.416 e. The molecule has 1 aromatic carbocycles. The Hall–Kier alpha value is -2.35. The van der Waals surface area contributed by atoms with E-state index in [9.17, 15) is 4.79 Å². The van der Waals surface area contributed by atoms with Crippen LogP contribution in [0.3, 0.4) is 0 Å². The SMILES string of the molecule is CC1CCN(C(=O)CSc2nnc(CCc3nc4ccccc4[nH]3)o2)CC1. The van der Waals surface area contributed by atoms with E-state index in [2.05, 4.69) is 27.1 Å². The summed E-state index contributed by atoms with van der Waals surface area (Å²) in [5.74, 6) is 2.68. The van der Waals surface area contributed by atoms with Crippen molar-refractivity contribution in [3.8, 4) is 0 Å². The van der Waals surface area contributed by atoms with Gasteiger partial charge in [-0.2, -0.15) is 0 Å². The highest BCUT2D eigenvalue weighted by atomic mass is 32.2. The fraction of sp³-hybridized carbons (Fsp3) is 0.474. The van der Waals surface area contributed by atoms with Crippen LogP contribution in [0.25, 0.3) is 11.0 Å². The van der Waals surface area contributed by atoms with E-state index in [1.807, 2.05) is 29.2 Å². The van der Waals surface area contributed by atoms with Crippen LogP contribution in [0.2, 0.25) is 0 Å². The van der Waals surface area contributed by atoms with Crippen molar-refractivity contribution in [1.82, 2.24) is 25.1 Å². The molecule has 0 aliphatic carbocycles. The molecule has 1 aliphatic rings. The second-order valence-electron chi connectivity index (χ2n) is 7.01. The number of carbonyl (C=O) groups is 1. The van der Waals surface area contributed by atoms with Gasteiger partial charge in [-0.1, -0.05) is 30.8 Å². The standard InChI is InChI=1S/C19H23N5O2S/c1-13-8-10-24(11-9-13)18(25)12-27-19-23-22-17(26-19)7-6-16-20-14-4-2-3-5-15(14)21-16/h2-5,13H,6-12H2,1H3,(H,20,21). The summed E-state index contributed by atoms with van der Waals surface area (Å²) in [7, 11) is 0. The lowest BCUT2D eigenvalue weighted by atomic mass is 9.99. The first-order chi connectivity index (χ1) is 13.2. The van der Waals surface area contributed by atoms with Crippen molar-refractivity contribution < 1.29 is 9.21 Å². The number of aromatic amines is 1. The molecule has 0 bridgehead atoms. The zero-order valence-electron chi connectivity index (χ0n) is 15.4. The van der Waals surface area contributed by atoms with Gasteiger partial charge < -0.3 is 14.3 Å². The van der Waals surface area contributed by atoms with Crippen LogP contribution < -0.4 is 0 Å². The highest BCUT2D eigenvalue weighted by Crippen LogP contribution is 2.21. The summed E-state index contributed by atoms with van der Waals surface area (Å²) in [6.45, 7) is 3.95. The molecular formula is C19H23N5O2S. The Morgan fingerprint density at radius 3 is 2.89 bits per heavy atom. The lowest BCUT2D eigenvalue weighted by molar-refractivity contribution is -0.129. The van der Waals surface area contributed by atoms with E-state index < -0.39 is 0 Å². The van der Waals surface area contributed by atoms with Crippen LogP contribution in [0.4, 0.5) is 0 Å². The number of rotatable bonds is 6. The van der Waals surface area contributed by atoms with Gasteiger partial charge in [-0.25, -0.2) is 4.98 Å². The maximum Gasteiger partial charge on any atom is 0.277 e. The molecule has 27 heavy (non-hydrogen) atoms. The van der Waals surface area contributed by atoms with E-state index in [0.717, 1.165) is 42.8 Å². The average molecular weight is 385 g/mol. The van der Waals surface area contributed by atoms with Gasteiger partial charge in [-0.3, -0.25) is 4.79 Å². The Bertz CT molecular complexity index is 881. The van der Waals surface area contributed by atoms with E-state index >= 15 is 0 Å². The fourth-order valence-electron chi connectivity index (χ4n) is 3.22. The summed E-state index contributed by atoms with van der Waals surface area (Å²) in [5.41, 5.74) is 1.99. The summed E-state index contributed by atoms with van der Waals surface area (Å²) in [6.07, 6.45) is 3.49. The summed E-state index contributed by atoms with van der Waals surface area (Å²) in [6, 6.07) is 7.95. The molecular weight excluding hydrogens is 362 g/mol. The molecule has 4 rings (SSSR count). The van der Waals surface area contributed by atoms with Crippen molar-refractivity contribution in [1.29, 1.82) is 0 Å². The van der Waals surface area contributed by atoms with E-state index in [-0.39, 0.29) is 5.91 Å². The van der Waals surface area contributed by atoms with Crippen molar-refractivity contribution in [2.24, 2.45) is 5.92 Å². The van der Waals surface area contributed by atoms with E-state index in [0.29, 0.717) is 35.6 Å². The highest BCUT2D eigenvalue weighted by Gasteiger charge is 2.21. The molecule has 1 N–H and O–H groups in total. The minimum absolute atomic E-state index is 0.147. The summed E-state index contributed by atoms with van der Waals surface area (Å²) < 4.78 is 5.66. The Kier molecular flexibility index (Phi) is 5.42. The van der Waals surface area contributed by atoms with E-state index in [1.165, 1.54) is 11.8 Å². The monoisotopic (exact) mass is 385 g/mol. The van der Waals surface area contributed by atoms with Crippen LogP contribution in [0, 0.1) is 5.92 Å². The van der Waals surface area contributed by atoms with Crippen LogP contribution in [0.1, 0.15) is 31.5 Å². The van der Waals surface area contributed by atoms with Gasteiger partial charge in [0.1, 0.15) is 5.82 Å². The molecule has 0 saturated carbocycles. The number of piperidine rings is 1. The first kappa shape index (κ1) is 18.0. The van der Waals surface area contributed by atoms with E-state index in [1.54, 1.807) is 0 Å². The number of aromatic nitrogens is 4. The number of hydrogen-bond acceptors (Lipinski definition) is 6. The predicted molar refractivity (Wildman–Crippen MR) is 104 cm³/mol. The minimum Gasteiger partial charge on any atom is -0.416 e. The normalized spacial score (nSPS) is 15.5. The quantitative estimate of drug-likeness (QED) is 0.656. The topological polar surface area (TPSA) is 87.9 Å². The molecule has 2 aromatic heterocycles. The molecule has 7 nitrogen and oxygen atoms in total. The Morgan fingerprint density at radius 2 is 2.07 bits per heavy atom. The minimum atomic E-state index is 0.147. The van der Waals surface area contributed by atoms with Crippen molar-refractivity contribution in [2.75, 3.05) is 18.8 Å². The smallest absolute Gasteiger partial charge is 0.277 e. The third-order valence-corrected chi connectivity index (χ3v) is 5.72. The average Bonchev–Trinajstić information content (AvgIpc) is 3.31. The van der Waals surface area contributed by atoms with Crippen molar-refractivity contribution in [3.05, 3.63) is 36.0 Å². The molecule has 8 heteroatoms. The molecule has 0 unspecified atom stereocenters. The molecule has 0 spiro atoms. The first-order valence-electron chi connectivity index (χ1n) is 9.34. The first-order valence-corrected chi connectivity index (χ1v) is 10.3. The van der Waals surface area contributed by atoms with Gasteiger partial charge >= 0.3 is 0 Å². The van der Waals surface area contributed by atoms with Crippen LogP contribution in [-0.4, -0.2) is 49.8 Å².